The quantitative estimate of drug-likeness (QED) is 0.729. The first-order valence-corrected chi connectivity index (χ1v) is 8.38. The molecule has 1 heterocycles. The molecule has 0 atom stereocenters. The van der Waals surface area contributed by atoms with Gasteiger partial charge in [0.05, 0.1) is 14.8 Å². The number of benzene rings is 1. The first-order chi connectivity index (χ1) is 9.47. The molecule has 1 aromatic heterocycles. The molecule has 0 bridgehead atoms. The Morgan fingerprint density at radius 2 is 2.00 bits per heavy atom. The number of hydrogen-bond acceptors (Lipinski definition) is 3. The lowest BCUT2D eigenvalue weighted by molar-refractivity contribution is 0.0984. The molecule has 1 amide bonds. The van der Waals surface area contributed by atoms with Crippen molar-refractivity contribution in [1.82, 2.24) is 4.72 Å². The second-order valence-corrected chi connectivity index (χ2v) is 7.53. The normalized spacial score (nSPS) is 10.8. The van der Waals surface area contributed by atoms with Gasteiger partial charge in [0.1, 0.15) is 0 Å². The highest BCUT2D eigenvalue weighted by molar-refractivity contribution is 7.99. The first kappa shape index (κ1) is 15.7. The second kappa shape index (κ2) is 6.85. The van der Waals surface area contributed by atoms with Crippen molar-refractivity contribution >= 4 is 52.4 Å². The van der Waals surface area contributed by atoms with Gasteiger partial charge in [-0.3, -0.25) is 9.52 Å². The fourth-order valence-electron chi connectivity index (χ4n) is 1.52. The maximum Gasteiger partial charge on any atom is 0.262 e. The second-order valence-electron chi connectivity index (χ2n) is 4.47. The Morgan fingerprint density at radius 3 is 2.60 bits per heavy atom. The van der Waals surface area contributed by atoms with Crippen molar-refractivity contribution in [3.63, 3.8) is 0 Å². The summed E-state index contributed by atoms with van der Waals surface area (Å²) in [6.45, 7) is 4.29. The maximum absolute atomic E-state index is 12.0. The van der Waals surface area contributed by atoms with E-state index in [1.165, 1.54) is 16.8 Å². The molecule has 0 saturated heterocycles. The van der Waals surface area contributed by atoms with Crippen molar-refractivity contribution in [2.24, 2.45) is 0 Å². The molecule has 1 N–H and O–H groups in total. The van der Waals surface area contributed by atoms with Crippen molar-refractivity contribution in [3.05, 3.63) is 50.8 Å². The maximum atomic E-state index is 12.0. The molecule has 20 heavy (non-hydrogen) atoms. The lowest BCUT2D eigenvalue weighted by atomic mass is 10.2. The van der Waals surface area contributed by atoms with Crippen LogP contribution in [-0.4, -0.2) is 5.91 Å². The van der Waals surface area contributed by atoms with E-state index in [1.807, 2.05) is 6.07 Å². The van der Waals surface area contributed by atoms with Gasteiger partial charge in [0.25, 0.3) is 5.91 Å². The topological polar surface area (TPSA) is 29.1 Å². The summed E-state index contributed by atoms with van der Waals surface area (Å²) in [5, 5.41) is 0.865. The van der Waals surface area contributed by atoms with Gasteiger partial charge >= 0.3 is 0 Å². The zero-order valence-corrected chi connectivity index (χ0v) is 14.1. The van der Waals surface area contributed by atoms with Crippen LogP contribution in [0.3, 0.4) is 0 Å². The van der Waals surface area contributed by atoms with E-state index in [9.17, 15) is 4.79 Å². The summed E-state index contributed by atoms with van der Waals surface area (Å²) in [7, 11) is 0. The van der Waals surface area contributed by atoms with E-state index < -0.39 is 0 Å². The number of carbonyl (C=O) groups excluding carboxylic acids is 1. The molecule has 0 spiro atoms. The summed E-state index contributed by atoms with van der Waals surface area (Å²) in [4.78, 5) is 13.3. The Labute approximate surface area is 136 Å². The van der Waals surface area contributed by atoms with Crippen LogP contribution in [0.4, 0.5) is 0 Å². The predicted molar refractivity (Wildman–Crippen MR) is 88.2 cm³/mol. The van der Waals surface area contributed by atoms with E-state index >= 15 is 0 Å². The largest absolute Gasteiger partial charge is 0.291 e. The number of rotatable bonds is 4. The molecule has 2 rings (SSSR count). The average Bonchev–Trinajstić information content (AvgIpc) is 2.85. The minimum absolute atomic E-state index is 0.226. The van der Waals surface area contributed by atoms with Crippen LogP contribution < -0.4 is 4.72 Å². The van der Waals surface area contributed by atoms with E-state index in [2.05, 4.69) is 24.6 Å². The lowest BCUT2D eigenvalue weighted by Gasteiger charge is -2.05. The van der Waals surface area contributed by atoms with Crippen LogP contribution in [0, 0.1) is 0 Å². The Kier molecular flexibility index (Phi) is 5.38. The van der Waals surface area contributed by atoms with Crippen LogP contribution >= 0.6 is 46.5 Å². The van der Waals surface area contributed by atoms with Crippen LogP contribution in [0.5, 0.6) is 0 Å². The molecule has 2 aromatic rings. The number of amides is 1. The highest BCUT2D eigenvalue weighted by Gasteiger charge is 2.12. The number of thiophene rings is 1. The monoisotopic (exact) mass is 345 g/mol. The van der Waals surface area contributed by atoms with Gasteiger partial charge in [-0.05, 0) is 48.2 Å². The molecule has 2 nitrogen and oxygen atoms in total. The van der Waals surface area contributed by atoms with Gasteiger partial charge in [0.15, 0.2) is 0 Å². The molecule has 0 aliphatic rings. The van der Waals surface area contributed by atoms with Crippen molar-refractivity contribution in [1.29, 1.82) is 0 Å². The van der Waals surface area contributed by atoms with Crippen LogP contribution in [-0.2, 0) is 0 Å². The van der Waals surface area contributed by atoms with Crippen LogP contribution in [0.15, 0.2) is 34.5 Å². The minimum atomic E-state index is -0.226. The molecule has 0 unspecified atom stereocenters. The summed E-state index contributed by atoms with van der Waals surface area (Å²) in [6.07, 6.45) is 0. The van der Waals surface area contributed by atoms with E-state index in [0.717, 1.165) is 4.21 Å². The summed E-state index contributed by atoms with van der Waals surface area (Å²) < 4.78 is 3.84. The minimum Gasteiger partial charge on any atom is -0.291 e. The molecule has 0 radical (unpaired) electrons. The molecule has 0 aliphatic heterocycles. The molecule has 1 aromatic carbocycles. The molecule has 6 heteroatoms. The highest BCUT2D eigenvalue weighted by Crippen LogP contribution is 2.30. The van der Waals surface area contributed by atoms with Gasteiger partial charge in [0.2, 0.25) is 0 Å². The van der Waals surface area contributed by atoms with Gasteiger partial charge in [-0.1, -0.05) is 37.0 Å². The Balaban J connectivity index is 2.01. The fourth-order valence-corrected chi connectivity index (χ4v) is 3.78. The standard InChI is InChI=1S/C14H13Cl2NOS2/c1-8(2)12-5-6-13(19-12)20-17-14(18)10-4-3-9(15)7-11(10)16/h3-8H,1-2H3,(H,17,18). The lowest BCUT2D eigenvalue weighted by Crippen LogP contribution is -2.15. The van der Waals surface area contributed by atoms with Crippen LogP contribution in [0.2, 0.25) is 10.0 Å². The smallest absolute Gasteiger partial charge is 0.262 e. The Morgan fingerprint density at radius 1 is 1.25 bits per heavy atom. The molecular weight excluding hydrogens is 333 g/mol. The van der Waals surface area contributed by atoms with Crippen LogP contribution in [0.1, 0.15) is 35.0 Å². The van der Waals surface area contributed by atoms with Crippen LogP contribution in [0.25, 0.3) is 0 Å². The molecule has 0 aliphatic carbocycles. The third-order valence-corrected chi connectivity index (χ3v) is 5.44. The number of halogens is 2. The van der Waals surface area contributed by atoms with E-state index in [1.54, 1.807) is 29.5 Å². The van der Waals surface area contributed by atoms with Gasteiger partial charge in [-0.15, -0.1) is 11.3 Å². The van der Waals surface area contributed by atoms with Gasteiger partial charge in [-0.2, -0.15) is 0 Å². The van der Waals surface area contributed by atoms with Crippen molar-refractivity contribution in [2.45, 2.75) is 24.0 Å². The third kappa shape index (κ3) is 3.92. The molecular formula is C14H13Cl2NOS2. The first-order valence-electron chi connectivity index (χ1n) is 5.99. The van der Waals surface area contributed by atoms with Gasteiger partial charge in [0, 0.05) is 9.90 Å². The van der Waals surface area contributed by atoms with Crippen molar-refractivity contribution in [2.75, 3.05) is 0 Å². The third-order valence-electron chi connectivity index (χ3n) is 2.59. The van der Waals surface area contributed by atoms with E-state index in [0.29, 0.717) is 21.5 Å². The summed E-state index contributed by atoms with van der Waals surface area (Å²) >= 11 is 14.8. The summed E-state index contributed by atoms with van der Waals surface area (Å²) in [5.74, 6) is 0.270. The van der Waals surface area contributed by atoms with E-state index in [-0.39, 0.29) is 5.91 Å². The van der Waals surface area contributed by atoms with Gasteiger partial charge in [-0.25, -0.2) is 0 Å². The number of carbonyl (C=O) groups is 1. The SMILES string of the molecule is CC(C)c1ccc(SNC(=O)c2ccc(Cl)cc2Cl)s1. The summed E-state index contributed by atoms with van der Waals surface area (Å²) in [6, 6.07) is 8.92. The number of hydrogen-bond donors (Lipinski definition) is 1. The van der Waals surface area contributed by atoms with E-state index in [4.69, 9.17) is 23.2 Å². The highest BCUT2D eigenvalue weighted by atomic mass is 35.5. The van der Waals surface area contributed by atoms with Crippen molar-refractivity contribution < 1.29 is 4.79 Å². The zero-order chi connectivity index (χ0) is 14.7. The zero-order valence-electron chi connectivity index (χ0n) is 10.9. The Hall–Kier alpha value is -0.680. The summed E-state index contributed by atoms with van der Waals surface area (Å²) in [5.41, 5.74) is 0.421. The molecule has 0 saturated carbocycles. The Bertz CT molecular complexity index is 625. The van der Waals surface area contributed by atoms with Crippen molar-refractivity contribution in [3.8, 4) is 0 Å². The predicted octanol–water partition coefficient (Wildman–Crippen LogP) is 5.62. The fraction of sp³-hybridized carbons (Fsp3) is 0.214. The van der Waals surface area contributed by atoms with Gasteiger partial charge < -0.3 is 0 Å². The molecule has 106 valence electrons. The molecule has 0 fully saturated rings. The average molecular weight is 346 g/mol. The number of nitrogens with one attached hydrogen (secondary N) is 1.